The van der Waals surface area contributed by atoms with E-state index in [4.69, 9.17) is 4.99 Å². The van der Waals surface area contributed by atoms with E-state index < -0.39 is 19.6 Å². The second-order valence-electron chi connectivity index (χ2n) is 10.0. The Bertz CT molecular complexity index is 1410. The molecule has 194 valence electrons. The summed E-state index contributed by atoms with van der Waals surface area (Å²) in [5.74, 6) is 0.0867. The van der Waals surface area contributed by atoms with Crippen LogP contribution in [0.25, 0.3) is 0 Å². The van der Waals surface area contributed by atoms with Crippen LogP contribution in [-0.2, 0) is 5.60 Å². The lowest BCUT2D eigenvalue weighted by atomic mass is 9.76. The molecule has 0 radical (unpaired) electrons. The van der Waals surface area contributed by atoms with E-state index in [1.54, 1.807) is 0 Å². The van der Waals surface area contributed by atoms with Gasteiger partial charge in [-0.1, -0.05) is 159 Å². The minimum Gasteiger partial charge on any atom is -0.378 e. The van der Waals surface area contributed by atoms with Gasteiger partial charge in [0, 0.05) is 11.8 Å². The van der Waals surface area contributed by atoms with Crippen molar-refractivity contribution >= 4 is 30.0 Å². The molecule has 0 aliphatic heterocycles. The van der Waals surface area contributed by atoms with Crippen molar-refractivity contribution in [3.05, 3.63) is 162 Å². The zero-order valence-electron chi connectivity index (χ0n) is 22.4. The second kappa shape index (κ2) is 12.3. The van der Waals surface area contributed by atoms with Gasteiger partial charge in [0.05, 0.1) is 6.04 Å². The fourth-order valence-corrected chi connectivity index (χ4v) is 7.62. The fraction of sp³-hybridized carbons (Fsp3) is 0.139. The van der Waals surface area contributed by atoms with Gasteiger partial charge in [-0.3, -0.25) is 4.99 Å². The van der Waals surface area contributed by atoms with Crippen LogP contribution < -0.4 is 15.9 Å². The van der Waals surface area contributed by atoms with Crippen molar-refractivity contribution in [2.45, 2.75) is 25.5 Å². The number of hydrogen-bond acceptors (Lipinski definition) is 2. The van der Waals surface area contributed by atoms with E-state index in [-0.39, 0.29) is 5.92 Å². The molecule has 0 saturated heterocycles. The highest BCUT2D eigenvalue weighted by Gasteiger charge is 2.41. The molecule has 0 unspecified atom stereocenters. The summed E-state index contributed by atoms with van der Waals surface area (Å²) in [5, 5.41) is 16.3. The highest BCUT2D eigenvalue weighted by molar-refractivity contribution is 7.80. The summed E-state index contributed by atoms with van der Waals surface area (Å²) in [5.41, 5.74) is 1.49. The first-order valence-corrected chi connectivity index (χ1v) is 14.8. The molecule has 5 rings (SSSR count). The van der Waals surface area contributed by atoms with Gasteiger partial charge in [-0.2, -0.15) is 0 Å². The molecule has 0 aliphatic carbocycles. The van der Waals surface area contributed by atoms with Crippen molar-refractivity contribution in [1.82, 2.24) is 0 Å². The van der Waals surface area contributed by atoms with Gasteiger partial charge in [-0.15, -0.1) is 0 Å². The molecular formula is C36H34NOP. The lowest BCUT2D eigenvalue weighted by molar-refractivity contribution is 0.0366. The normalized spacial score (nSPS) is 12.7. The van der Waals surface area contributed by atoms with Crippen LogP contribution in [0.4, 0.5) is 0 Å². The number of hydrogen-bond donors (Lipinski definition) is 1. The van der Waals surface area contributed by atoms with Gasteiger partial charge in [0.15, 0.2) is 0 Å². The summed E-state index contributed by atoms with van der Waals surface area (Å²) in [6, 6.07) is 49.4. The molecule has 39 heavy (non-hydrogen) atoms. The van der Waals surface area contributed by atoms with E-state index in [0.29, 0.717) is 0 Å². The lowest BCUT2D eigenvalue weighted by Crippen LogP contribution is -2.43. The van der Waals surface area contributed by atoms with Crippen molar-refractivity contribution in [3.63, 3.8) is 0 Å². The Balaban J connectivity index is 1.62. The van der Waals surface area contributed by atoms with Crippen LogP contribution in [0.3, 0.4) is 0 Å². The van der Waals surface area contributed by atoms with Crippen molar-refractivity contribution in [3.8, 4) is 0 Å². The topological polar surface area (TPSA) is 32.6 Å². The largest absolute Gasteiger partial charge is 0.378 e. The Labute approximate surface area is 233 Å². The Morgan fingerprint density at radius 1 is 0.590 bits per heavy atom. The molecule has 0 aromatic heterocycles. The number of aliphatic hydroxyl groups is 1. The average Bonchev–Trinajstić information content (AvgIpc) is 3.00. The molecule has 5 aromatic carbocycles. The Kier molecular flexibility index (Phi) is 8.47. The fourth-order valence-electron chi connectivity index (χ4n) is 5.20. The summed E-state index contributed by atoms with van der Waals surface area (Å²) < 4.78 is 0. The third-order valence-electron chi connectivity index (χ3n) is 7.07. The maximum Gasteiger partial charge on any atom is 0.137 e. The van der Waals surface area contributed by atoms with Gasteiger partial charge in [0.25, 0.3) is 0 Å². The molecule has 5 aromatic rings. The van der Waals surface area contributed by atoms with Crippen LogP contribution >= 0.6 is 7.92 Å². The summed E-state index contributed by atoms with van der Waals surface area (Å²) >= 11 is 0. The van der Waals surface area contributed by atoms with Crippen molar-refractivity contribution in [1.29, 1.82) is 0 Å². The number of rotatable bonds is 9. The summed E-state index contributed by atoms with van der Waals surface area (Å²) in [4.78, 5) is 5.18. The predicted octanol–water partition coefficient (Wildman–Crippen LogP) is 6.82. The molecule has 0 bridgehead atoms. The molecule has 1 N–H and O–H groups in total. The summed E-state index contributed by atoms with van der Waals surface area (Å²) in [6.07, 6.45) is 1.98. The first kappa shape index (κ1) is 26.8. The van der Waals surface area contributed by atoms with Crippen molar-refractivity contribution in [2.24, 2.45) is 10.9 Å². The van der Waals surface area contributed by atoms with E-state index in [0.717, 1.165) is 16.7 Å². The van der Waals surface area contributed by atoms with E-state index >= 15 is 0 Å². The SMILES string of the molecule is CC(C)[C@H](N=Cc1ccccc1P(c1ccccc1)c1ccccc1)C(O)(c1ccccc1)c1ccccc1. The van der Waals surface area contributed by atoms with Crippen LogP contribution in [0.2, 0.25) is 0 Å². The summed E-state index contributed by atoms with van der Waals surface area (Å²) in [7, 11) is -0.782. The zero-order chi connectivity index (χ0) is 27.1. The van der Waals surface area contributed by atoms with Gasteiger partial charge in [-0.05, 0) is 40.9 Å². The smallest absolute Gasteiger partial charge is 0.137 e. The minimum atomic E-state index is -1.27. The van der Waals surface area contributed by atoms with Crippen LogP contribution in [0.1, 0.15) is 30.5 Å². The van der Waals surface area contributed by atoms with E-state index in [2.05, 4.69) is 98.8 Å². The lowest BCUT2D eigenvalue weighted by Gasteiger charge is -2.37. The van der Waals surface area contributed by atoms with Crippen LogP contribution in [-0.4, -0.2) is 17.4 Å². The van der Waals surface area contributed by atoms with Crippen LogP contribution in [0.5, 0.6) is 0 Å². The molecule has 0 fully saturated rings. The quantitative estimate of drug-likeness (QED) is 0.166. The molecule has 0 aliphatic rings. The molecule has 0 heterocycles. The zero-order valence-corrected chi connectivity index (χ0v) is 23.3. The Morgan fingerprint density at radius 3 is 1.46 bits per heavy atom. The number of nitrogens with zero attached hydrogens (tertiary/aromatic N) is 1. The number of aliphatic imine (C=N–C) groups is 1. The van der Waals surface area contributed by atoms with Gasteiger partial charge in [-0.25, -0.2) is 0 Å². The predicted molar refractivity (Wildman–Crippen MR) is 167 cm³/mol. The van der Waals surface area contributed by atoms with Gasteiger partial charge in [0.2, 0.25) is 0 Å². The molecule has 3 heteroatoms. The van der Waals surface area contributed by atoms with E-state index in [1.165, 1.54) is 15.9 Å². The summed E-state index contributed by atoms with van der Waals surface area (Å²) in [6.45, 7) is 4.26. The first-order valence-electron chi connectivity index (χ1n) is 13.4. The molecule has 1 atom stereocenters. The Hall–Kier alpha value is -3.84. The third-order valence-corrected chi connectivity index (χ3v) is 9.59. The molecule has 2 nitrogen and oxygen atoms in total. The first-order chi connectivity index (χ1) is 19.1. The van der Waals surface area contributed by atoms with Gasteiger partial charge in [0.1, 0.15) is 5.60 Å². The molecular weight excluding hydrogens is 493 g/mol. The minimum absolute atomic E-state index is 0.0867. The average molecular weight is 528 g/mol. The Morgan fingerprint density at radius 2 is 1.00 bits per heavy atom. The standard InChI is InChI=1S/C36H34NOP/c1-28(2)35(36(38,30-18-7-3-8-19-30)31-20-9-4-10-21-31)37-27-29-17-15-16-26-34(29)39(32-22-11-5-12-23-32)33-24-13-6-14-25-33/h3-28,35,38H,1-2H3/t35-/m0/s1. The van der Waals surface area contributed by atoms with Crippen molar-refractivity contribution in [2.75, 3.05) is 0 Å². The molecule has 0 amide bonds. The van der Waals surface area contributed by atoms with Gasteiger partial charge < -0.3 is 5.11 Å². The maximum atomic E-state index is 12.5. The maximum absolute atomic E-state index is 12.5. The van der Waals surface area contributed by atoms with Crippen LogP contribution in [0.15, 0.2) is 151 Å². The second-order valence-corrected chi connectivity index (χ2v) is 12.2. The number of benzene rings is 5. The van der Waals surface area contributed by atoms with E-state index in [9.17, 15) is 5.11 Å². The monoisotopic (exact) mass is 527 g/mol. The third kappa shape index (κ3) is 5.78. The molecule has 0 saturated carbocycles. The highest BCUT2D eigenvalue weighted by atomic mass is 31.1. The molecule has 0 spiro atoms. The van der Waals surface area contributed by atoms with E-state index in [1.807, 2.05) is 66.9 Å². The highest BCUT2D eigenvalue weighted by Crippen LogP contribution is 2.38. The van der Waals surface area contributed by atoms with Crippen molar-refractivity contribution < 1.29 is 5.11 Å². The van der Waals surface area contributed by atoms with Gasteiger partial charge >= 0.3 is 0 Å². The van der Waals surface area contributed by atoms with Crippen LogP contribution in [0, 0.1) is 5.92 Å².